The lowest BCUT2D eigenvalue weighted by Crippen LogP contribution is -2.22. The van der Waals surface area contributed by atoms with Gasteiger partial charge in [0.15, 0.2) is 0 Å². The summed E-state index contributed by atoms with van der Waals surface area (Å²) >= 11 is 0. The van der Waals surface area contributed by atoms with Gasteiger partial charge in [0.1, 0.15) is 17.6 Å². The SMILES string of the molecule is N#Cc1nc(N[C@H]2CC[C@H](Nc3ccc(-n4ccccc4=O)cn3)C2)ncc1C1CC1. The smallest absolute Gasteiger partial charge is 0.255 e. The molecular formula is C23H23N7O. The predicted molar refractivity (Wildman–Crippen MR) is 117 cm³/mol. The first-order chi connectivity index (χ1) is 15.2. The molecule has 0 aliphatic heterocycles. The van der Waals surface area contributed by atoms with Crippen molar-refractivity contribution in [3.8, 4) is 11.8 Å². The van der Waals surface area contributed by atoms with Crippen LogP contribution in [-0.2, 0) is 0 Å². The second kappa shape index (κ2) is 8.19. The quantitative estimate of drug-likeness (QED) is 0.639. The zero-order valence-corrected chi connectivity index (χ0v) is 17.0. The van der Waals surface area contributed by atoms with E-state index in [1.165, 1.54) is 6.07 Å². The van der Waals surface area contributed by atoms with Gasteiger partial charge in [0.25, 0.3) is 5.56 Å². The number of nitriles is 1. The fourth-order valence-corrected chi connectivity index (χ4v) is 4.13. The van der Waals surface area contributed by atoms with Gasteiger partial charge in [0, 0.05) is 36.1 Å². The third-order valence-electron chi connectivity index (χ3n) is 5.91. The molecule has 0 aromatic carbocycles. The number of rotatable bonds is 6. The lowest BCUT2D eigenvalue weighted by Gasteiger charge is -2.16. The van der Waals surface area contributed by atoms with Gasteiger partial charge in [-0.2, -0.15) is 5.26 Å². The van der Waals surface area contributed by atoms with Gasteiger partial charge in [-0.1, -0.05) is 6.07 Å². The molecule has 3 aromatic heterocycles. The molecule has 5 rings (SSSR count). The molecule has 0 spiro atoms. The molecule has 0 amide bonds. The van der Waals surface area contributed by atoms with E-state index in [4.69, 9.17) is 0 Å². The summed E-state index contributed by atoms with van der Waals surface area (Å²) < 4.78 is 1.57. The average Bonchev–Trinajstić information content (AvgIpc) is 3.55. The maximum Gasteiger partial charge on any atom is 0.255 e. The van der Waals surface area contributed by atoms with Crippen LogP contribution in [0.1, 0.15) is 49.3 Å². The van der Waals surface area contributed by atoms with Gasteiger partial charge >= 0.3 is 0 Å². The molecule has 2 aliphatic carbocycles. The third kappa shape index (κ3) is 4.26. The highest BCUT2D eigenvalue weighted by molar-refractivity contribution is 5.43. The molecule has 0 unspecified atom stereocenters. The number of nitrogens with one attached hydrogen (secondary N) is 2. The van der Waals surface area contributed by atoms with E-state index in [0.29, 0.717) is 17.6 Å². The third-order valence-corrected chi connectivity index (χ3v) is 5.91. The van der Waals surface area contributed by atoms with Gasteiger partial charge in [-0.3, -0.25) is 9.36 Å². The minimum Gasteiger partial charge on any atom is -0.367 e. The zero-order chi connectivity index (χ0) is 21.2. The standard InChI is InChI=1S/C23H23N7O/c24-12-20-19(15-4-5-15)14-26-23(29-20)28-17-7-6-16(11-17)27-21-9-8-18(13-25-21)30-10-2-1-3-22(30)31/h1-3,8-10,13-17H,4-7,11H2,(H,25,27)(H,26,28,29)/t16-,17-/m0/s1. The Bertz CT molecular complexity index is 1180. The summed E-state index contributed by atoms with van der Waals surface area (Å²) in [6, 6.07) is 11.6. The summed E-state index contributed by atoms with van der Waals surface area (Å²) in [5.74, 6) is 1.78. The Labute approximate surface area is 180 Å². The van der Waals surface area contributed by atoms with Crippen LogP contribution in [0.4, 0.5) is 11.8 Å². The van der Waals surface area contributed by atoms with Crippen molar-refractivity contribution in [2.75, 3.05) is 10.6 Å². The van der Waals surface area contributed by atoms with E-state index in [1.54, 1.807) is 29.2 Å². The minimum atomic E-state index is -0.0818. The molecule has 2 aliphatic rings. The van der Waals surface area contributed by atoms with Crippen molar-refractivity contribution >= 4 is 11.8 Å². The molecule has 8 heteroatoms. The first kappa shape index (κ1) is 19.2. The molecule has 156 valence electrons. The largest absolute Gasteiger partial charge is 0.367 e. The van der Waals surface area contributed by atoms with E-state index < -0.39 is 0 Å². The van der Waals surface area contributed by atoms with Crippen LogP contribution in [0.2, 0.25) is 0 Å². The zero-order valence-electron chi connectivity index (χ0n) is 17.0. The molecule has 8 nitrogen and oxygen atoms in total. The van der Waals surface area contributed by atoms with Gasteiger partial charge in [0.2, 0.25) is 5.95 Å². The fourth-order valence-electron chi connectivity index (χ4n) is 4.13. The Balaban J connectivity index is 1.19. The molecule has 0 saturated heterocycles. The molecule has 0 bridgehead atoms. The van der Waals surface area contributed by atoms with Crippen LogP contribution in [0, 0.1) is 11.3 Å². The van der Waals surface area contributed by atoms with Crippen LogP contribution in [0.5, 0.6) is 0 Å². The summed E-state index contributed by atoms with van der Waals surface area (Å²) in [4.78, 5) is 25.3. The van der Waals surface area contributed by atoms with E-state index in [0.717, 1.165) is 49.2 Å². The number of nitrogens with zero attached hydrogens (tertiary/aromatic N) is 5. The molecular weight excluding hydrogens is 390 g/mol. The van der Waals surface area contributed by atoms with Gasteiger partial charge in [-0.15, -0.1) is 0 Å². The summed E-state index contributed by atoms with van der Waals surface area (Å²) in [5, 5.41) is 16.2. The number of aromatic nitrogens is 4. The van der Waals surface area contributed by atoms with E-state index in [-0.39, 0.29) is 17.6 Å². The Hall–Kier alpha value is -3.73. The number of hydrogen-bond donors (Lipinski definition) is 2. The van der Waals surface area contributed by atoms with Gasteiger partial charge in [0.05, 0.1) is 11.9 Å². The number of hydrogen-bond acceptors (Lipinski definition) is 7. The van der Waals surface area contributed by atoms with Crippen molar-refractivity contribution in [2.24, 2.45) is 0 Å². The molecule has 2 fully saturated rings. The van der Waals surface area contributed by atoms with Crippen LogP contribution >= 0.6 is 0 Å². The van der Waals surface area contributed by atoms with E-state index in [2.05, 4.69) is 31.7 Å². The van der Waals surface area contributed by atoms with E-state index >= 15 is 0 Å². The van der Waals surface area contributed by atoms with Crippen LogP contribution in [-0.4, -0.2) is 31.6 Å². The predicted octanol–water partition coefficient (Wildman–Crippen LogP) is 3.22. The lowest BCUT2D eigenvalue weighted by atomic mass is 10.1. The van der Waals surface area contributed by atoms with Crippen LogP contribution < -0.4 is 16.2 Å². The highest BCUT2D eigenvalue weighted by atomic mass is 16.1. The maximum absolute atomic E-state index is 11.9. The van der Waals surface area contributed by atoms with Crippen LogP contribution in [0.15, 0.2) is 53.7 Å². The first-order valence-corrected chi connectivity index (χ1v) is 10.6. The first-order valence-electron chi connectivity index (χ1n) is 10.6. The molecule has 2 saturated carbocycles. The molecule has 0 radical (unpaired) electrons. The number of anilines is 2. The minimum absolute atomic E-state index is 0.0818. The summed E-state index contributed by atoms with van der Waals surface area (Å²) in [6.07, 6.45) is 10.4. The maximum atomic E-state index is 11.9. The van der Waals surface area contributed by atoms with Crippen molar-refractivity contribution in [2.45, 2.75) is 50.1 Å². The van der Waals surface area contributed by atoms with Gasteiger partial charge in [-0.25, -0.2) is 15.0 Å². The fraction of sp³-hybridized carbons (Fsp3) is 0.348. The van der Waals surface area contributed by atoms with Crippen LogP contribution in [0.3, 0.4) is 0 Å². The highest BCUT2D eigenvalue weighted by Crippen LogP contribution is 2.41. The normalized spacial score (nSPS) is 20.2. The van der Waals surface area contributed by atoms with Crippen molar-refractivity contribution in [3.05, 3.63) is 70.5 Å². The second-order valence-electron chi connectivity index (χ2n) is 8.19. The topological polar surface area (TPSA) is 109 Å². The second-order valence-corrected chi connectivity index (χ2v) is 8.19. The molecule has 2 N–H and O–H groups in total. The average molecular weight is 413 g/mol. The Morgan fingerprint density at radius 3 is 2.55 bits per heavy atom. The Kier molecular flexibility index (Phi) is 5.08. The van der Waals surface area contributed by atoms with E-state index in [1.807, 2.05) is 18.2 Å². The van der Waals surface area contributed by atoms with Crippen molar-refractivity contribution in [1.29, 1.82) is 5.26 Å². The van der Waals surface area contributed by atoms with Gasteiger partial charge < -0.3 is 10.6 Å². The molecule has 2 atom stereocenters. The molecule has 3 aromatic rings. The Morgan fingerprint density at radius 1 is 1.00 bits per heavy atom. The van der Waals surface area contributed by atoms with Crippen molar-refractivity contribution in [1.82, 2.24) is 19.5 Å². The number of pyridine rings is 2. The van der Waals surface area contributed by atoms with Crippen molar-refractivity contribution in [3.63, 3.8) is 0 Å². The lowest BCUT2D eigenvalue weighted by molar-refractivity contribution is 0.716. The van der Waals surface area contributed by atoms with Gasteiger partial charge in [-0.05, 0) is 56.2 Å². The Morgan fingerprint density at radius 2 is 1.84 bits per heavy atom. The summed E-state index contributed by atoms with van der Waals surface area (Å²) in [6.45, 7) is 0. The van der Waals surface area contributed by atoms with Crippen LogP contribution in [0.25, 0.3) is 5.69 Å². The molecule has 31 heavy (non-hydrogen) atoms. The molecule has 3 heterocycles. The summed E-state index contributed by atoms with van der Waals surface area (Å²) in [7, 11) is 0. The summed E-state index contributed by atoms with van der Waals surface area (Å²) in [5.41, 5.74) is 2.13. The monoisotopic (exact) mass is 413 g/mol. The van der Waals surface area contributed by atoms with E-state index in [9.17, 15) is 10.1 Å². The highest BCUT2D eigenvalue weighted by Gasteiger charge is 2.29. The van der Waals surface area contributed by atoms with Crippen molar-refractivity contribution < 1.29 is 0 Å².